The van der Waals surface area contributed by atoms with Crippen molar-refractivity contribution in [3.63, 3.8) is 0 Å². The number of nitrogens with one attached hydrogen (secondary N) is 1. The summed E-state index contributed by atoms with van der Waals surface area (Å²) in [6.07, 6.45) is 1.67. The molecule has 1 aliphatic heterocycles. The monoisotopic (exact) mass is 596 g/mol. The average molecular weight is 598 g/mol. The van der Waals surface area contributed by atoms with Gasteiger partial charge in [0.25, 0.3) is 5.91 Å². The third-order valence-corrected chi connectivity index (χ3v) is 8.06. The van der Waals surface area contributed by atoms with Gasteiger partial charge in [-0.1, -0.05) is 47.0 Å². The topological polar surface area (TPSA) is 84.8 Å². The van der Waals surface area contributed by atoms with Gasteiger partial charge in [-0.25, -0.2) is 4.99 Å². The Hall–Kier alpha value is -2.30. The normalized spacial score (nSPS) is 16.2. The van der Waals surface area contributed by atoms with Crippen molar-refractivity contribution in [2.45, 2.75) is 11.8 Å². The van der Waals surface area contributed by atoms with Gasteiger partial charge in [0.1, 0.15) is 4.90 Å². The Morgan fingerprint density at radius 3 is 2.44 bits per heavy atom. The Balaban J connectivity index is 1.52. The standard InChI is InChI=1S/C23H15BrCl2N2O4S2/c1-13-2-6-16(7-3-13)34(30,31)32-20-9-4-14(10-17(20)24)11-21-22(29)28-23(33-21)27-15-5-8-18(25)19(26)12-15/h2-12H,1H3,(H,27,28,29)/b21-11+. The van der Waals surface area contributed by atoms with Crippen LogP contribution in [-0.4, -0.2) is 19.5 Å². The minimum atomic E-state index is -3.99. The third kappa shape index (κ3) is 5.84. The molecule has 1 fully saturated rings. The number of thioether (sulfide) groups is 1. The number of hydrogen-bond acceptors (Lipinski definition) is 6. The van der Waals surface area contributed by atoms with E-state index in [4.69, 9.17) is 27.4 Å². The second kappa shape index (κ2) is 10.1. The number of amidine groups is 1. The van der Waals surface area contributed by atoms with Crippen molar-refractivity contribution < 1.29 is 17.4 Å². The highest BCUT2D eigenvalue weighted by molar-refractivity contribution is 9.10. The molecule has 0 spiro atoms. The Bertz CT molecular complexity index is 1460. The van der Waals surface area contributed by atoms with Gasteiger partial charge >= 0.3 is 10.1 Å². The van der Waals surface area contributed by atoms with Crippen molar-refractivity contribution in [1.29, 1.82) is 0 Å². The first kappa shape index (κ1) is 24.8. The van der Waals surface area contributed by atoms with Gasteiger partial charge in [0.05, 0.1) is 25.1 Å². The molecule has 0 aromatic heterocycles. The number of halogens is 3. The molecule has 0 bridgehead atoms. The number of aliphatic imine (C=N–C) groups is 1. The highest BCUT2D eigenvalue weighted by Gasteiger charge is 2.24. The fourth-order valence-corrected chi connectivity index (χ4v) is 5.52. The molecule has 0 aliphatic carbocycles. The van der Waals surface area contributed by atoms with Gasteiger partial charge in [0.15, 0.2) is 10.9 Å². The molecule has 0 radical (unpaired) electrons. The first-order chi connectivity index (χ1) is 16.1. The van der Waals surface area contributed by atoms with Crippen LogP contribution in [-0.2, 0) is 14.9 Å². The summed E-state index contributed by atoms with van der Waals surface area (Å²) in [6.45, 7) is 1.87. The Labute approximate surface area is 219 Å². The van der Waals surface area contributed by atoms with E-state index in [0.717, 1.165) is 5.56 Å². The van der Waals surface area contributed by atoms with E-state index < -0.39 is 10.1 Å². The van der Waals surface area contributed by atoms with Gasteiger partial charge in [0, 0.05) is 0 Å². The van der Waals surface area contributed by atoms with Crippen LogP contribution < -0.4 is 9.50 Å². The van der Waals surface area contributed by atoms with Crippen LogP contribution in [0.5, 0.6) is 5.75 Å². The molecule has 4 rings (SSSR count). The molecule has 11 heteroatoms. The van der Waals surface area contributed by atoms with Crippen LogP contribution in [0.4, 0.5) is 5.69 Å². The highest BCUT2D eigenvalue weighted by atomic mass is 79.9. The molecule has 3 aromatic carbocycles. The van der Waals surface area contributed by atoms with Gasteiger partial charge in [-0.05, 0) is 88.7 Å². The summed E-state index contributed by atoms with van der Waals surface area (Å²) in [5.74, 6) is -0.171. The fourth-order valence-electron chi connectivity index (χ4n) is 2.85. The van der Waals surface area contributed by atoms with Gasteiger partial charge in [-0.3, -0.25) is 4.79 Å². The van der Waals surface area contributed by atoms with Crippen LogP contribution in [0.3, 0.4) is 0 Å². The third-order valence-electron chi connectivity index (χ3n) is 4.55. The van der Waals surface area contributed by atoms with E-state index in [-0.39, 0.29) is 16.6 Å². The summed E-state index contributed by atoms with van der Waals surface area (Å²) in [4.78, 5) is 17.2. The summed E-state index contributed by atoms with van der Waals surface area (Å²) in [5, 5.41) is 3.88. The summed E-state index contributed by atoms with van der Waals surface area (Å²) < 4.78 is 30.8. The van der Waals surface area contributed by atoms with Crippen LogP contribution >= 0.6 is 50.9 Å². The SMILES string of the molecule is Cc1ccc(S(=O)(=O)Oc2ccc(/C=C3/SC(=Nc4ccc(Cl)c(Cl)c4)NC3=O)cc2Br)cc1. The number of nitrogens with zero attached hydrogens (tertiary/aromatic N) is 1. The molecule has 0 atom stereocenters. The van der Waals surface area contributed by atoms with Crippen molar-refractivity contribution in [2.75, 3.05) is 0 Å². The zero-order valence-corrected chi connectivity index (χ0v) is 22.1. The second-order valence-electron chi connectivity index (χ2n) is 7.12. The molecule has 0 saturated carbocycles. The molecule has 1 aliphatic rings. The summed E-state index contributed by atoms with van der Waals surface area (Å²) >= 11 is 16.4. The number of carbonyl (C=O) groups excluding carboxylic acids is 1. The zero-order chi connectivity index (χ0) is 24.5. The van der Waals surface area contributed by atoms with Crippen LogP contribution in [0, 0.1) is 6.92 Å². The first-order valence-electron chi connectivity index (χ1n) is 9.66. The largest absolute Gasteiger partial charge is 0.378 e. The molecule has 34 heavy (non-hydrogen) atoms. The van der Waals surface area contributed by atoms with Crippen molar-refractivity contribution in [1.82, 2.24) is 5.32 Å². The number of hydrogen-bond donors (Lipinski definition) is 1. The smallest absolute Gasteiger partial charge is 0.339 e. The number of aryl methyl sites for hydroxylation is 1. The van der Waals surface area contributed by atoms with Crippen molar-refractivity contribution in [3.8, 4) is 5.75 Å². The lowest BCUT2D eigenvalue weighted by Crippen LogP contribution is -2.19. The summed E-state index contributed by atoms with van der Waals surface area (Å²) in [7, 11) is -3.99. The Morgan fingerprint density at radius 2 is 1.76 bits per heavy atom. The Kier molecular flexibility index (Phi) is 7.39. The highest BCUT2D eigenvalue weighted by Crippen LogP contribution is 2.33. The zero-order valence-electron chi connectivity index (χ0n) is 17.4. The number of amides is 1. The molecular weight excluding hydrogens is 583 g/mol. The summed E-state index contributed by atoms with van der Waals surface area (Å²) in [5.41, 5.74) is 2.16. The minimum Gasteiger partial charge on any atom is -0.378 e. The fraction of sp³-hybridized carbons (Fsp3) is 0.0435. The first-order valence-corrected chi connectivity index (χ1v) is 13.4. The van der Waals surface area contributed by atoms with Crippen LogP contribution in [0.25, 0.3) is 6.08 Å². The van der Waals surface area contributed by atoms with Crippen molar-refractivity contribution in [2.24, 2.45) is 4.99 Å². The van der Waals surface area contributed by atoms with E-state index in [9.17, 15) is 13.2 Å². The minimum absolute atomic E-state index is 0.0593. The van der Waals surface area contributed by atoms with E-state index in [0.29, 0.717) is 35.8 Å². The van der Waals surface area contributed by atoms with Gasteiger partial charge in [-0.15, -0.1) is 0 Å². The lowest BCUT2D eigenvalue weighted by Gasteiger charge is -2.09. The maximum Gasteiger partial charge on any atom is 0.339 e. The molecule has 1 saturated heterocycles. The van der Waals surface area contributed by atoms with Crippen LogP contribution in [0.1, 0.15) is 11.1 Å². The maximum absolute atomic E-state index is 12.6. The molecule has 174 valence electrons. The predicted molar refractivity (Wildman–Crippen MR) is 140 cm³/mol. The lowest BCUT2D eigenvalue weighted by atomic mass is 10.2. The summed E-state index contributed by atoms with van der Waals surface area (Å²) in [6, 6.07) is 16.1. The molecule has 0 unspecified atom stereocenters. The van der Waals surface area contributed by atoms with Crippen molar-refractivity contribution >= 4 is 83.9 Å². The second-order valence-corrected chi connectivity index (χ2v) is 11.4. The Morgan fingerprint density at radius 1 is 1.03 bits per heavy atom. The number of carbonyl (C=O) groups is 1. The van der Waals surface area contributed by atoms with E-state index >= 15 is 0 Å². The molecule has 1 heterocycles. The number of benzene rings is 3. The van der Waals surface area contributed by atoms with E-state index in [2.05, 4.69) is 26.2 Å². The van der Waals surface area contributed by atoms with Crippen LogP contribution in [0.15, 0.2) is 79.9 Å². The quantitative estimate of drug-likeness (QED) is 0.260. The molecule has 3 aromatic rings. The van der Waals surface area contributed by atoms with E-state index in [1.165, 1.54) is 30.0 Å². The molecule has 1 amide bonds. The average Bonchev–Trinajstić information content (AvgIpc) is 3.11. The van der Waals surface area contributed by atoms with Gasteiger partial charge < -0.3 is 9.50 Å². The molecular formula is C23H15BrCl2N2O4S2. The molecule has 6 nitrogen and oxygen atoms in total. The van der Waals surface area contributed by atoms with Crippen LogP contribution in [0.2, 0.25) is 10.0 Å². The van der Waals surface area contributed by atoms with E-state index in [1.54, 1.807) is 48.5 Å². The maximum atomic E-state index is 12.6. The van der Waals surface area contributed by atoms with Gasteiger partial charge in [0.2, 0.25) is 0 Å². The lowest BCUT2D eigenvalue weighted by molar-refractivity contribution is -0.115. The molecule has 1 N–H and O–H groups in total. The predicted octanol–water partition coefficient (Wildman–Crippen LogP) is 6.72. The number of rotatable bonds is 5. The van der Waals surface area contributed by atoms with Crippen molar-refractivity contribution in [3.05, 3.63) is 91.2 Å². The van der Waals surface area contributed by atoms with Gasteiger partial charge in [-0.2, -0.15) is 8.42 Å². The van der Waals surface area contributed by atoms with E-state index in [1.807, 2.05) is 6.92 Å².